The van der Waals surface area contributed by atoms with Gasteiger partial charge in [-0.2, -0.15) is 0 Å². The minimum atomic E-state index is 0.0540. The van der Waals surface area contributed by atoms with Gasteiger partial charge in [0.2, 0.25) is 5.91 Å². The van der Waals surface area contributed by atoms with E-state index in [1.165, 1.54) is 11.8 Å². The molecule has 0 spiro atoms. The van der Waals surface area contributed by atoms with Gasteiger partial charge in [-0.05, 0) is 29.1 Å². The van der Waals surface area contributed by atoms with Crippen molar-refractivity contribution in [1.29, 1.82) is 0 Å². The Morgan fingerprint density at radius 2 is 1.70 bits per heavy atom. The van der Waals surface area contributed by atoms with Gasteiger partial charge in [0.15, 0.2) is 0 Å². The first-order valence-corrected chi connectivity index (χ1v) is 10.4. The molecule has 4 aromatic rings. The number of fused-ring (bicyclic) bond motifs is 1. The van der Waals surface area contributed by atoms with E-state index in [0.29, 0.717) is 12.3 Å². The zero-order valence-electron chi connectivity index (χ0n) is 14.5. The molecule has 1 amide bonds. The van der Waals surface area contributed by atoms with Crippen LogP contribution < -0.4 is 4.90 Å². The van der Waals surface area contributed by atoms with Gasteiger partial charge in [0.1, 0.15) is 11.4 Å². The highest BCUT2D eigenvalue weighted by Crippen LogP contribution is 2.29. The molecule has 0 radical (unpaired) electrons. The van der Waals surface area contributed by atoms with E-state index < -0.39 is 0 Å². The van der Waals surface area contributed by atoms with Crippen LogP contribution in [0.4, 0.5) is 5.69 Å². The van der Waals surface area contributed by atoms with Gasteiger partial charge in [-0.1, -0.05) is 60.3 Å². The molecule has 0 bridgehead atoms. The number of hydrogen-bond acceptors (Lipinski definition) is 5. The monoisotopic (exact) mass is 391 g/mol. The summed E-state index contributed by atoms with van der Waals surface area (Å²) in [4.78, 5) is 23.5. The number of hydrogen-bond donors (Lipinski definition) is 0. The molecule has 0 aliphatic heterocycles. The lowest BCUT2D eigenvalue weighted by Crippen LogP contribution is -2.31. The largest absolute Gasteiger partial charge is 0.307 e. The Bertz CT molecular complexity index is 1030. The third-order valence-corrected chi connectivity index (χ3v) is 6.11. The Balaban J connectivity index is 1.54. The van der Waals surface area contributed by atoms with Crippen LogP contribution in [0.15, 0.2) is 83.5 Å². The molecule has 0 saturated heterocycles. The molecule has 0 aliphatic rings. The number of nitrogens with zero attached hydrogens (tertiary/aromatic N) is 3. The van der Waals surface area contributed by atoms with Crippen molar-refractivity contribution in [1.82, 2.24) is 9.97 Å². The molecule has 0 saturated carbocycles. The van der Waals surface area contributed by atoms with Crippen molar-refractivity contribution >= 4 is 44.9 Å². The smallest absolute Gasteiger partial charge is 0.237 e. The first kappa shape index (κ1) is 17.7. The van der Waals surface area contributed by atoms with Crippen LogP contribution in [0.1, 0.15) is 5.56 Å². The van der Waals surface area contributed by atoms with Gasteiger partial charge in [-0.25, -0.2) is 9.97 Å². The Morgan fingerprint density at radius 3 is 2.48 bits per heavy atom. The van der Waals surface area contributed by atoms with Crippen molar-refractivity contribution in [2.75, 3.05) is 10.7 Å². The third kappa shape index (κ3) is 4.18. The Morgan fingerprint density at radius 1 is 0.963 bits per heavy atom. The summed E-state index contributed by atoms with van der Waals surface area (Å²) in [6, 6.07) is 21.8. The van der Waals surface area contributed by atoms with E-state index in [9.17, 15) is 4.79 Å². The lowest BCUT2D eigenvalue weighted by molar-refractivity contribution is -0.116. The van der Waals surface area contributed by atoms with Gasteiger partial charge < -0.3 is 4.90 Å². The predicted octanol–water partition coefficient (Wildman–Crippen LogP) is 5.02. The summed E-state index contributed by atoms with van der Waals surface area (Å²) in [5.41, 5.74) is 2.92. The molecule has 0 aliphatic carbocycles. The van der Waals surface area contributed by atoms with Gasteiger partial charge in [-0.15, -0.1) is 11.3 Å². The maximum atomic E-state index is 13.1. The average Bonchev–Trinajstić information content (AvgIpc) is 3.21. The van der Waals surface area contributed by atoms with Crippen LogP contribution in [0.2, 0.25) is 0 Å². The highest BCUT2D eigenvalue weighted by molar-refractivity contribution is 8.00. The SMILES string of the molecule is O=C(CSc1ncnc2ccsc12)N(Cc1ccccc1)c1ccccc1. The number of anilines is 1. The molecule has 0 unspecified atom stereocenters. The van der Waals surface area contributed by atoms with E-state index in [-0.39, 0.29) is 5.91 Å². The number of rotatable bonds is 6. The van der Waals surface area contributed by atoms with Gasteiger partial charge in [-0.3, -0.25) is 4.79 Å². The van der Waals surface area contributed by atoms with Gasteiger partial charge in [0, 0.05) is 5.69 Å². The number of thioether (sulfide) groups is 1. The molecule has 0 atom stereocenters. The van der Waals surface area contributed by atoms with E-state index in [2.05, 4.69) is 9.97 Å². The van der Waals surface area contributed by atoms with Gasteiger partial charge in [0.25, 0.3) is 0 Å². The maximum Gasteiger partial charge on any atom is 0.237 e. The Kier molecular flexibility index (Phi) is 5.46. The Hall–Kier alpha value is -2.70. The number of aromatic nitrogens is 2. The molecule has 134 valence electrons. The van der Waals surface area contributed by atoms with Crippen molar-refractivity contribution in [3.63, 3.8) is 0 Å². The molecule has 27 heavy (non-hydrogen) atoms. The van der Waals surface area contributed by atoms with Crippen LogP contribution in [0, 0.1) is 0 Å². The van der Waals surface area contributed by atoms with Crippen LogP contribution in [0.25, 0.3) is 10.2 Å². The summed E-state index contributed by atoms with van der Waals surface area (Å²) in [6.07, 6.45) is 1.56. The molecular weight excluding hydrogens is 374 g/mol. The molecule has 4 nitrogen and oxygen atoms in total. The first-order valence-electron chi connectivity index (χ1n) is 8.51. The fraction of sp³-hybridized carbons (Fsp3) is 0.0952. The number of benzene rings is 2. The van der Waals surface area contributed by atoms with Crippen LogP contribution in [0.3, 0.4) is 0 Å². The number of carbonyl (C=O) groups excluding carboxylic acids is 1. The highest BCUT2D eigenvalue weighted by Gasteiger charge is 2.17. The van der Waals surface area contributed by atoms with Crippen molar-refractivity contribution in [3.05, 3.63) is 84.0 Å². The average molecular weight is 392 g/mol. The van der Waals surface area contributed by atoms with Crippen LogP contribution in [-0.4, -0.2) is 21.6 Å². The topological polar surface area (TPSA) is 46.1 Å². The lowest BCUT2D eigenvalue weighted by atomic mass is 10.2. The van der Waals surface area contributed by atoms with Gasteiger partial charge in [0.05, 0.1) is 22.5 Å². The second kappa shape index (κ2) is 8.33. The number of thiophene rings is 1. The van der Waals surface area contributed by atoms with Crippen molar-refractivity contribution < 1.29 is 4.79 Å². The molecule has 2 aromatic heterocycles. The van der Waals surface area contributed by atoms with Crippen molar-refractivity contribution in [2.45, 2.75) is 11.6 Å². The highest BCUT2D eigenvalue weighted by atomic mass is 32.2. The fourth-order valence-electron chi connectivity index (χ4n) is 2.77. The van der Waals surface area contributed by atoms with Gasteiger partial charge >= 0.3 is 0 Å². The number of amides is 1. The third-order valence-electron chi connectivity index (χ3n) is 4.10. The molecule has 0 N–H and O–H groups in total. The maximum absolute atomic E-state index is 13.1. The normalized spacial score (nSPS) is 10.8. The van der Waals surface area contributed by atoms with E-state index in [1.807, 2.05) is 77.0 Å². The summed E-state index contributed by atoms with van der Waals surface area (Å²) < 4.78 is 1.03. The minimum Gasteiger partial charge on any atom is -0.307 e. The van der Waals surface area contributed by atoms with Crippen LogP contribution in [-0.2, 0) is 11.3 Å². The fourth-order valence-corrected chi connectivity index (χ4v) is 4.60. The minimum absolute atomic E-state index is 0.0540. The summed E-state index contributed by atoms with van der Waals surface area (Å²) in [7, 11) is 0. The summed E-state index contributed by atoms with van der Waals surface area (Å²) in [5, 5.41) is 2.85. The van der Waals surface area contributed by atoms with Crippen molar-refractivity contribution in [3.8, 4) is 0 Å². The second-order valence-electron chi connectivity index (χ2n) is 5.90. The van der Waals surface area contributed by atoms with E-state index in [4.69, 9.17) is 0 Å². The van der Waals surface area contributed by atoms with E-state index in [1.54, 1.807) is 17.7 Å². The molecule has 6 heteroatoms. The predicted molar refractivity (Wildman–Crippen MR) is 112 cm³/mol. The number of carbonyl (C=O) groups is 1. The Labute approximate surface area is 165 Å². The van der Waals surface area contributed by atoms with Crippen molar-refractivity contribution in [2.24, 2.45) is 0 Å². The van der Waals surface area contributed by atoms with Crippen LogP contribution in [0.5, 0.6) is 0 Å². The first-order chi connectivity index (χ1) is 13.3. The molecule has 2 aromatic carbocycles. The molecule has 2 heterocycles. The quantitative estimate of drug-likeness (QED) is 0.342. The molecule has 4 rings (SSSR count). The second-order valence-corrected chi connectivity index (χ2v) is 7.78. The zero-order valence-corrected chi connectivity index (χ0v) is 16.1. The zero-order chi connectivity index (χ0) is 18.5. The molecule has 0 fully saturated rings. The number of para-hydroxylation sites is 1. The standard InChI is InChI=1S/C21H17N3OS2/c25-19(14-27-21-20-18(11-12-26-20)22-15-23-21)24(17-9-5-2-6-10-17)13-16-7-3-1-4-8-16/h1-12,15H,13-14H2. The van der Waals surface area contributed by atoms with E-state index >= 15 is 0 Å². The lowest BCUT2D eigenvalue weighted by Gasteiger charge is -2.23. The summed E-state index contributed by atoms with van der Waals surface area (Å²) in [5.74, 6) is 0.379. The van der Waals surface area contributed by atoms with E-state index in [0.717, 1.165) is 26.5 Å². The summed E-state index contributed by atoms with van der Waals surface area (Å²) >= 11 is 3.07. The molecular formula is C21H17N3OS2. The van der Waals surface area contributed by atoms with Crippen LogP contribution >= 0.6 is 23.1 Å². The summed E-state index contributed by atoms with van der Waals surface area (Å²) in [6.45, 7) is 0.544.